The van der Waals surface area contributed by atoms with Crippen LogP contribution in [0.3, 0.4) is 0 Å². The summed E-state index contributed by atoms with van der Waals surface area (Å²) in [5.74, 6) is -0.440. The van der Waals surface area contributed by atoms with Crippen molar-refractivity contribution in [3.63, 3.8) is 0 Å². The van der Waals surface area contributed by atoms with Gasteiger partial charge in [0.05, 0.1) is 18.2 Å². The maximum Gasteiger partial charge on any atom is 0.418 e. The van der Waals surface area contributed by atoms with E-state index in [-0.39, 0.29) is 29.7 Å². The van der Waals surface area contributed by atoms with Crippen LogP contribution in [0.5, 0.6) is 0 Å². The second kappa shape index (κ2) is 12.0. The first kappa shape index (κ1) is 27.0. The molecule has 4 rings (SSSR count). The molecule has 3 N–H and O–H groups in total. The van der Waals surface area contributed by atoms with Gasteiger partial charge < -0.3 is 16.0 Å². The minimum absolute atomic E-state index is 0.0250. The lowest BCUT2D eigenvalue weighted by molar-refractivity contribution is -0.137. The lowest BCUT2D eigenvalue weighted by Gasteiger charge is -2.46. The number of carbonyl (C=O) groups excluding carboxylic acids is 2. The van der Waals surface area contributed by atoms with Crippen LogP contribution in [0.25, 0.3) is 0 Å². The normalized spacial score (nSPS) is 20.6. The molecule has 1 heterocycles. The molecule has 2 aromatic carbocycles. The van der Waals surface area contributed by atoms with Crippen molar-refractivity contribution in [2.24, 2.45) is 0 Å². The standard InChI is InChI=1S/C28H35F3N4O2/c1-2-14-32-25-13-10-21(15-24(25)28(29,30)31)27(37)33-16-26(36)34-22-17-35(18-22)23-11-8-20(9-12-23)19-6-4-3-5-7-19/h3-7,10,13,15,20,22-23,32H,2,8-9,11-12,14,16-18H2,1H3,(H,33,37)(H,34,36). The van der Waals surface area contributed by atoms with E-state index in [1.807, 2.05) is 13.0 Å². The molecule has 0 atom stereocenters. The van der Waals surface area contributed by atoms with Crippen LogP contribution >= 0.6 is 0 Å². The minimum atomic E-state index is -4.60. The molecule has 2 aliphatic rings. The van der Waals surface area contributed by atoms with Gasteiger partial charge in [-0.05, 0) is 61.8 Å². The SMILES string of the molecule is CCCNc1ccc(C(=O)NCC(=O)NC2CN(C3CCC(c4ccccc4)CC3)C2)cc1C(F)(F)F. The zero-order valence-corrected chi connectivity index (χ0v) is 21.1. The number of carbonyl (C=O) groups is 2. The topological polar surface area (TPSA) is 73.5 Å². The molecule has 1 saturated heterocycles. The largest absolute Gasteiger partial charge is 0.418 e. The fraction of sp³-hybridized carbons (Fsp3) is 0.500. The van der Waals surface area contributed by atoms with Crippen LogP contribution in [0.4, 0.5) is 18.9 Å². The molecule has 2 fully saturated rings. The molecule has 1 saturated carbocycles. The van der Waals surface area contributed by atoms with Crippen LogP contribution in [0.1, 0.15) is 66.4 Å². The first-order valence-electron chi connectivity index (χ1n) is 13.1. The van der Waals surface area contributed by atoms with Crippen LogP contribution in [-0.2, 0) is 11.0 Å². The number of alkyl halides is 3. The van der Waals surface area contributed by atoms with E-state index in [1.54, 1.807) is 0 Å². The summed E-state index contributed by atoms with van der Waals surface area (Å²) in [7, 11) is 0. The Bertz CT molecular complexity index is 1060. The van der Waals surface area contributed by atoms with Crippen molar-refractivity contribution in [1.82, 2.24) is 15.5 Å². The van der Waals surface area contributed by atoms with Gasteiger partial charge in [-0.25, -0.2) is 0 Å². The monoisotopic (exact) mass is 516 g/mol. The van der Waals surface area contributed by atoms with E-state index < -0.39 is 17.6 Å². The Labute approximate surface area is 216 Å². The van der Waals surface area contributed by atoms with Gasteiger partial charge in [-0.3, -0.25) is 14.5 Å². The Kier molecular flexibility index (Phi) is 8.74. The second-order valence-electron chi connectivity index (χ2n) is 10.0. The molecule has 0 spiro atoms. The number of hydrogen-bond acceptors (Lipinski definition) is 4. The highest BCUT2D eigenvalue weighted by molar-refractivity contribution is 5.97. The number of hydrogen-bond donors (Lipinski definition) is 3. The van der Waals surface area contributed by atoms with E-state index in [0.717, 1.165) is 32.0 Å². The Hall–Kier alpha value is -3.07. The molecule has 2 amide bonds. The summed E-state index contributed by atoms with van der Waals surface area (Å²) in [5, 5.41) is 8.08. The van der Waals surface area contributed by atoms with Gasteiger partial charge in [-0.1, -0.05) is 37.3 Å². The summed E-state index contributed by atoms with van der Waals surface area (Å²) in [6.45, 7) is 3.52. The third-order valence-corrected chi connectivity index (χ3v) is 7.32. The first-order valence-corrected chi connectivity index (χ1v) is 13.1. The fourth-order valence-corrected chi connectivity index (χ4v) is 5.28. The number of amides is 2. The Morgan fingerprint density at radius 1 is 1.00 bits per heavy atom. The third kappa shape index (κ3) is 7.03. The smallest absolute Gasteiger partial charge is 0.385 e. The number of halogens is 3. The number of nitrogens with one attached hydrogen (secondary N) is 3. The summed E-state index contributed by atoms with van der Waals surface area (Å²) in [6.07, 6.45) is 0.690. The third-order valence-electron chi connectivity index (χ3n) is 7.32. The number of anilines is 1. The Balaban J connectivity index is 1.19. The van der Waals surface area contributed by atoms with Crippen molar-refractivity contribution >= 4 is 17.5 Å². The molecule has 0 radical (unpaired) electrons. The maximum absolute atomic E-state index is 13.4. The molecule has 2 aromatic rings. The van der Waals surface area contributed by atoms with Crippen molar-refractivity contribution in [1.29, 1.82) is 0 Å². The average molecular weight is 517 g/mol. The van der Waals surface area contributed by atoms with E-state index in [9.17, 15) is 22.8 Å². The van der Waals surface area contributed by atoms with Gasteiger partial charge in [0.15, 0.2) is 0 Å². The zero-order chi connectivity index (χ0) is 26.4. The van der Waals surface area contributed by atoms with E-state index in [2.05, 4.69) is 45.1 Å². The Morgan fingerprint density at radius 2 is 1.70 bits per heavy atom. The molecule has 1 aliphatic heterocycles. The van der Waals surface area contributed by atoms with E-state index in [4.69, 9.17) is 0 Å². The summed E-state index contributed by atoms with van der Waals surface area (Å²) in [5.41, 5.74) is 0.315. The summed E-state index contributed by atoms with van der Waals surface area (Å²) in [4.78, 5) is 27.2. The van der Waals surface area contributed by atoms with Crippen LogP contribution in [-0.4, -0.2) is 55.0 Å². The predicted octanol–water partition coefficient (Wildman–Crippen LogP) is 4.78. The molecule has 37 heavy (non-hydrogen) atoms. The van der Waals surface area contributed by atoms with Crippen LogP contribution in [0, 0.1) is 0 Å². The number of benzene rings is 2. The van der Waals surface area contributed by atoms with Crippen molar-refractivity contribution in [3.05, 3.63) is 65.2 Å². The fourth-order valence-electron chi connectivity index (χ4n) is 5.28. The van der Waals surface area contributed by atoms with Gasteiger partial charge in [-0.15, -0.1) is 0 Å². The lowest BCUT2D eigenvalue weighted by atomic mass is 9.80. The minimum Gasteiger partial charge on any atom is -0.385 e. The molecule has 0 bridgehead atoms. The highest BCUT2D eigenvalue weighted by atomic mass is 19.4. The Morgan fingerprint density at radius 3 is 2.35 bits per heavy atom. The van der Waals surface area contributed by atoms with Crippen molar-refractivity contribution in [3.8, 4) is 0 Å². The molecule has 0 unspecified atom stereocenters. The molecule has 9 heteroatoms. The zero-order valence-electron chi connectivity index (χ0n) is 21.1. The van der Waals surface area contributed by atoms with Gasteiger partial charge in [0, 0.05) is 36.9 Å². The summed E-state index contributed by atoms with van der Waals surface area (Å²) < 4.78 is 40.3. The van der Waals surface area contributed by atoms with Crippen molar-refractivity contribution in [2.75, 3.05) is 31.5 Å². The highest BCUT2D eigenvalue weighted by Crippen LogP contribution is 2.36. The van der Waals surface area contributed by atoms with E-state index in [1.165, 1.54) is 30.5 Å². The number of nitrogens with zero attached hydrogens (tertiary/aromatic N) is 1. The van der Waals surface area contributed by atoms with Crippen LogP contribution in [0.2, 0.25) is 0 Å². The van der Waals surface area contributed by atoms with Gasteiger partial charge >= 0.3 is 6.18 Å². The molecule has 0 aromatic heterocycles. The lowest BCUT2D eigenvalue weighted by Crippen LogP contribution is -2.63. The molecular formula is C28H35F3N4O2. The number of rotatable bonds is 9. The van der Waals surface area contributed by atoms with Gasteiger partial charge in [0.2, 0.25) is 5.91 Å². The van der Waals surface area contributed by atoms with E-state index in [0.29, 0.717) is 24.9 Å². The first-order chi connectivity index (χ1) is 17.7. The quantitative estimate of drug-likeness (QED) is 0.449. The molecule has 1 aliphatic carbocycles. The van der Waals surface area contributed by atoms with Crippen molar-refractivity contribution in [2.45, 2.75) is 63.2 Å². The highest BCUT2D eigenvalue weighted by Gasteiger charge is 2.36. The van der Waals surface area contributed by atoms with E-state index >= 15 is 0 Å². The maximum atomic E-state index is 13.4. The van der Waals surface area contributed by atoms with Gasteiger partial charge in [0.1, 0.15) is 0 Å². The van der Waals surface area contributed by atoms with Gasteiger partial charge in [0.25, 0.3) is 5.91 Å². The summed E-state index contributed by atoms with van der Waals surface area (Å²) in [6, 6.07) is 14.6. The van der Waals surface area contributed by atoms with Crippen LogP contribution < -0.4 is 16.0 Å². The molecule has 200 valence electrons. The van der Waals surface area contributed by atoms with Gasteiger partial charge in [-0.2, -0.15) is 13.2 Å². The second-order valence-corrected chi connectivity index (χ2v) is 10.0. The molecular weight excluding hydrogens is 481 g/mol. The van der Waals surface area contributed by atoms with Crippen molar-refractivity contribution < 1.29 is 22.8 Å². The predicted molar refractivity (Wildman–Crippen MR) is 138 cm³/mol. The number of likely N-dealkylation sites (tertiary alicyclic amines) is 1. The van der Waals surface area contributed by atoms with Crippen LogP contribution in [0.15, 0.2) is 48.5 Å². The molecule has 6 nitrogen and oxygen atoms in total. The summed E-state index contributed by atoms with van der Waals surface area (Å²) >= 11 is 0. The average Bonchev–Trinajstić information content (AvgIpc) is 2.88.